The predicted octanol–water partition coefficient (Wildman–Crippen LogP) is 0.885. The van der Waals surface area contributed by atoms with Gasteiger partial charge in [0.25, 0.3) is 5.91 Å². The molecule has 120 valence electrons. The highest BCUT2D eigenvalue weighted by Gasteiger charge is 2.51. The average Bonchev–Trinajstić information content (AvgIpc) is 2.79. The number of benzene rings is 1. The van der Waals surface area contributed by atoms with E-state index in [1.54, 1.807) is 18.2 Å². The molecule has 0 radical (unpaired) electrons. The highest BCUT2D eigenvalue weighted by atomic mass is 16.5. The van der Waals surface area contributed by atoms with Crippen molar-refractivity contribution in [3.63, 3.8) is 0 Å². The molecule has 0 saturated carbocycles. The molecule has 7 heteroatoms. The van der Waals surface area contributed by atoms with Gasteiger partial charge in [-0.2, -0.15) is 5.26 Å². The number of rotatable bonds is 5. The van der Waals surface area contributed by atoms with Gasteiger partial charge in [0.05, 0.1) is 26.3 Å². The van der Waals surface area contributed by atoms with Crippen molar-refractivity contribution in [1.29, 1.82) is 5.26 Å². The van der Waals surface area contributed by atoms with Gasteiger partial charge in [-0.25, -0.2) is 0 Å². The van der Waals surface area contributed by atoms with Crippen LogP contribution in [-0.2, 0) is 14.4 Å². The Kier molecular flexibility index (Phi) is 4.65. The van der Waals surface area contributed by atoms with Gasteiger partial charge in [-0.3, -0.25) is 14.4 Å². The molecule has 1 aliphatic heterocycles. The number of ether oxygens (including phenoxy) is 2. The van der Waals surface area contributed by atoms with E-state index in [0.717, 1.165) is 4.90 Å². The van der Waals surface area contributed by atoms with Crippen LogP contribution in [0.4, 0.5) is 0 Å². The molecule has 2 atom stereocenters. The van der Waals surface area contributed by atoms with Crippen LogP contribution in [0.2, 0.25) is 0 Å². The summed E-state index contributed by atoms with van der Waals surface area (Å²) in [5.41, 5.74) is 0.460. The third kappa shape index (κ3) is 2.75. The van der Waals surface area contributed by atoms with Crippen LogP contribution in [0.5, 0.6) is 11.5 Å². The predicted molar refractivity (Wildman–Crippen MR) is 78.8 cm³/mol. The van der Waals surface area contributed by atoms with Crippen molar-refractivity contribution in [1.82, 2.24) is 4.90 Å². The molecule has 23 heavy (non-hydrogen) atoms. The lowest BCUT2D eigenvalue weighted by molar-refractivity contribution is -0.141. The third-order valence-corrected chi connectivity index (χ3v) is 3.84. The van der Waals surface area contributed by atoms with Gasteiger partial charge >= 0.3 is 0 Å². The fraction of sp³-hybridized carbons (Fsp3) is 0.375. The summed E-state index contributed by atoms with van der Waals surface area (Å²) in [4.78, 5) is 37.4. The first kappa shape index (κ1) is 16.5. The lowest BCUT2D eigenvalue weighted by atomic mass is 9.89. The molecule has 1 saturated heterocycles. The van der Waals surface area contributed by atoms with Gasteiger partial charge in [-0.05, 0) is 25.1 Å². The van der Waals surface area contributed by atoms with Crippen molar-refractivity contribution in [3.05, 3.63) is 23.8 Å². The van der Waals surface area contributed by atoms with Gasteiger partial charge in [-0.1, -0.05) is 0 Å². The molecule has 1 aromatic rings. The van der Waals surface area contributed by atoms with Crippen LogP contribution in [0, 0.1) is 17.2 Å². The number of hydrogen-bond acceptors (Lipinski definition) is 6. The second-order valence-corrected chi connectivity index (χ2v) is 5.10. The van der Waals surface area contributed by atoms with Gasteiger partial charge in [-0.15, -0.1) is 0 Å². The maximum Gasteiger partial charge on any atom is 0.292 e. The standard InChI is InChI=1S/C16H16N2O5/c1-9(19)13-14(18(7-6-17)16(21)15(13)20)11-8-10(22-2)4-5-12(11)23-3/h4-5,8,13-14H,7H2,1-3H3. The maximum absolute atomic E-state index is 12.2. The zero-order valence-electron chi connectivity index (χ0n) is 13.0. The average molecular weight is 316 g/mol. The second-order valence-electron chi connectivity index (χ2n) is 5.10. The molecule has 0 spiro atoms. The highest BCUT2D eigenvalue weighted by molar-refractivity contribution is 6.42. The smallest absolute Gasteiger partial charge is 0.292 e. The molecular formula is C16H16N2O5. The normalized spacial score (nSPS) is 20.3. The Morgan fingerprint density at radius 2 is 2.00 bits per heavy atom. The monoisotopic (exact) mass is 316 g/mol. The number of hydrogen-bond donors (Lipinski definition) is 0. The molecule has 0 N–H and O–H groups in total. The Balaban J connectivity index is 2.64. The molecule has 7 nitrogen and oxygen atoms in total. The van der Waals surface area contributed by atoms with E-state index in [-0.39, 0.29) is 6.54 Å². The van der Waals surface area contributed by atoms with Crippen molar-refractivity contribution in [2.45, 2.75) is 13.0 Å². The van der Waals surface area contributed by atoms with Gasteiger partial charge < -0.3 is 14.4 Å². The maximum atomic E-state index is 12.2. The highest BCUT2D eigenvalue weighted by Crippen LogP contribution is 2.41. The van der Waals surface area contributed by atoms with Crippen LogP contribution < -0.4 is 9.47 Å². The SMILES string of the molecule is COc1ccc(OC)c(C2C(C(C)=O)C(=O)C(=O)N2CC#N)c1. The number of nitriles is 1. The van der Waals surface area contributed by atoms with E-state index < -0.39 is 29.4 Å². The molecular weight excluding hydrogens is 300 g/mol. The van der Waals surface area contributed by atoms with Gasteiger partial charge in [0.1, 0.15) is 29.7 Å². The fourth-order valence-corrected chi connectivity index (χ4v) is 2.80. The van der Waals surface area contributed by atoms with Crippen LogP contribution >= 0.6 is 0 Å². The molecule has 1 amide bonds. The molecule has 1 aliphatic rings. The van der Waals surface area contributed by atoms with Crippen molar-refractivity contribution >= 4 is 17.5 Å². The summed E-state index contributed by atoms with van der Waals surface area (Å²) in [6.07, 6.45) is 0. The van der Waals surface area contributed by atoms with Gasteiger partial charge in [0.15, 0.2) is 0 Å². The second kappa shape index (κ2) is 6.48. The quantitative estimate of drug-likeness (QED) is 0.454. The number of amides is 1. The topological polar surface area (TPSA) is 96.7 Å². The summed E-state index contributed by atoms with van der Waals surface area (Å²) in [5.74, 6) is -2.32. The largest absolute Gasteiger partial charge is 0.497 e. The Bertz CT molecular complexity index is 707. The number of methoxy groups -OCH3 is 2. The van der Waals surface area contributed by atoms with E-state index in [4.69, 9.17) is 14.7 Å². The zero-order chi connectivity index (χ0) is 17.1. The lowest BCUT2D eigenvalue weighted by Crippen LogP contribution is -2.31. The van der Waals surface area contributed by atoms with Crippen LogP contribution in [-0.4, -0.2) is 43.1 Å². The fourth-order valence-electron chi connectivity index (χ4n) is 2.80. The van der Waals surface area contributed by atoms with Gasteiger partial charge in [0, 0.05) is 5.56 Å². The molecule has 1 heterocycles. The molecule has 1 aromatic carbocycles. The van der Waals surface area contributed by atoms with Crippen molar-refractivity contribution in [2.75, 3.05) is 20.8 Å². The minimum absolute atomic E-state index is 0.292. The van der Waals surface area contributed by atoms with E-state index in [2.05, 4.69) is 0 Å². The Morgan fingerprint density at radius 3 is 2.52 bits per heavy atom. The van der Waals surface area contributed by atoms with E-state index in [0.29, 0.717) is 17.1 Å². The van der Waals surface area contributed by atoms with Gasteiger partial charge in [0.2, 0.25) is 5.78 Å². The number of nitrogens with zero attached hydrogens (tertiary/aromatic N) is 2. The summed E-state index contributed by atoms with van der Waals surface area (Å²) < 4.78 is 10.4. The van der Waals surface area contributed by atoms with Crippen molar-refractivity contribution in [2.24, 2.45) is 5.92 Å². The summed E-state index contributed by atoms with van der Waals surface area (Å²) in [5, 5.41) is 8.95. The van der Waals surface area contributed by atoms with Crippen LogP contribution in [0.15, 0.2) is 18.2 Å². The van der Waals surface area contributed by atoms with Crippen LogP contribution in [0.25, 0.3) is 0 Å². The third-order valence-electron chi connectivity index (χ3n) is 3.84. The Hall–Kier alpha value is -2.88. The summed E-state index contributed by atoms with van der Waals surface area (Å²) in [6, 6.07) is 5.88. The van der Waals surface area contributed by atoms with Crippen molar-refractivity contribution in [3.8, 4) is 17.6 Å². The molecule has 0 aliphatic carbocycles. The minimum atomic E-state index is -1.16. The van der Waals surface area contributed by atoms with Crippen molar-refractivity contribution < 1.29 is 23.9 Å². The lowest BCUT2D eigenvalue weighted by Gasteiger charge is -2.26. The summed E-state index contributed by atoms with van der Waals surface area (Å²) >= 11 is 0. The summed E-state index contributed by atoms with van der Waals surface area (Å²) in [7, 11) is 2.92. The number of carbonyl (C=O) groups excluding carboxylic acids is 3. The van der Waals surface area contributed by atoms with Crippen LogP contribution in [0.1, 0.15) is 18.5 Å². The molecule has 1 fully saturated rings. The van der Waals surface area contributed by atoms with Crippen LogP contribution in [0.3, 0.4) is 0 Å². The number of ketones is 2. The first-order valence-corrected chi connectivity index (χ1v) is 6.90. The van der Waals surface area contributed by atoms with E-state index in [1.165, 1.54) is 21.1 Å². The minimum Gasteiger partial charge on any atom is -0.497 e. The molecule has 2 rings (SSSR count). The Morgan fingerprint density at radius 1 is 1.30 bits per heavy atom. The van der Waals surface area contributed by atoms with E-state index in [1.807, 2.05) is 6.07 Å². The zero-order valence-corrected chi connectivity index (χ0v) is 13.0. The first-order valence-electron chi connectivity index (χ1n) is 6.90. The molecule has 0 bridgehead atoms. The van der Waals surface area contributed by atoms with E-state index >= 15 is 0 Å². The molecule has 0 aromatic heterocycles. The number of likely N-dealkylation sites (tertiary alicyclic amines) is 1. The number of Topliss-reactive ketones (excluding diaryl/α,β-unsaturated/α-hetero) is 2. The van der Waals surface area contributed by atoms with E-state index in [9.17, 15) is 14.4 Å². The molecule has 2 unspecified atom stereocenters. The first-order chi connectivity index (χ1) is 11.0. The number of carbonyl (C=O) groups is 3. The summed E-state index contributed by atoms with van der Waals surface area (Å²) in [6.45, 7) is 0.963. The Labute approximate surface area is 133 Å².